The van der Waals surface area contributed by atoms with Crippen LogP contribution in [0.1, 0.15) is 21.8 Å². The number of alkyl halides is 3. The number of aromatic nitrogens is 1. The van der Waals surface area contributed by atoms with Gasteiger partial charge in [-0.2, -0.15) is 13.2 Å². The number of carbonyl (C=O) groups excluding carboxylic acids is 1. The lowest BCUT2D eigenvalue weighted by Crippen LogP contribution is -2.36. The Hall–Kier alpha value is -2.55. The Morgan fingerprint density at radius 3 is 2.56 bits per heavy atom. The number of nitrogens with zero attached hydrogens (tertiary/aromatic N) is 2. The quantitative estimate of drug-likeness (QED) is 0.916. The molecule has 25 heavy (non-hydrogen) atoms. The van der Waals surface area contributed by atoms with Gasteiger partial charge in [0.1, 0.15) is 5.76 Å². The average Bonchev–Trinajstić information content (AvgIpc) is 3.02. The smallest absolute Gasteiger partial charge is 0.378 e. The largest absolute Gasteiger partial charge is 0.418 e. The van der Waals surface area contributed by atoms with Gasteiger partial charge >= 0.3 is 6.18 Å². The van der Waals surface area contributed by atoms with Crippen LogP contribution in [0.25, 0.3) is 0 Å². The molecule has 1 amide bonds. The number of hydrogen-bond acceptors (Lipinski definition) is 5. The van der Waals surface area contributed by atoms with Crippen molar-refractivity contribution >= 4 is 17.3 Å². The summed E-state index contributed by atoms with van der Waals surface area (Å²) in [4.78, 5) is 13.9. The highest BCUT2D eigenvalue weighted by atomic mass is 19.4. The molecule has 0 unspecified atom stereocenters. The Morgan fingerprint density at radius 2 is 1.96 bits per heavy atom. The molecule has 1 N–H and O–H groups in total. The van der Waals surface area contributed by atoms with Gasteiger partial charge in [-0.25, -0.2) is 0 Å². The second-order valence-corrected chi connectivity index (χ2v) is 5.60. The van der Waals surface area contributed by atoms with Crippen molar-refractivity contribution in [3.63, 3.8) is 0 Å². The Bertz CT molecular complexity index is 767. The third kappa shape index (κ3) is 3.93. The number of rotatable bonds is 3. The fraction of sp³-hybridized carbons (Fsp3) is 0.375. The first-order valence-corrected chi connectivity index (χ1v) is 7.63. The maximum absolute atomic E-state index is 13.4. The topological polar surface area (TPSA) is 67.6 Å². The molecule has 1 saturated heterocycles. The molecule has 134 valence electrons. The molecular weight excluding hydrogens is 339 g/mol. The van der Waals surface area contributed by atoms with Crippen LogP contribution in [0.5, 0.6) is 0 Å². The molecule has 0 radical (unpaired) electrons. The van der Waals surface area contributed by atoms with E-state index in [0.717, 1.165) is 6.07 Å². The van der Waals surface area contributed by atoms with Gasteiger partial charge in [0.2, 0.25) is 0 Å². The summed E-state index contributed by atoms with van der Waals surface area (Å²) in [5, 5.41) is 5.76. The lowest BCUT2D eigenvalue weighted by atomic mass is 10.1. The average molecular weight is 355 g/mol. The molecule has 1 aromatic carbocycles. The third-order valence-corrected chi connectivity index (χ3v) is 3.79. The van der Waals surface area contributed by atoms with Gasteiger partial charge in [-0.05, 0) is 25.1 Å². The van der Waals surface area contributed by atoms with E-state index in [1.807, 2.05) is 4.90 Å². The van der Waals surface area contributed by atoms with Crippen molar-refractivity contribution in [3.8, 4) is 0 Å². The Balaban J connectivity index is 1.88. The molecule has 0 atom stereocenters. The standard InChI is InChI=1S/C16H16F3N3O3/c1-10-8-14(21-25-10)15(23)20-13-3-2-11(9-12(13)16(17,18)19)22-4-6-24-7-5-22/h2-3,8-9H,4-7H2,1H3,(H,20,23). The summed E-state index contributed by atoms with van der Waals surface area (Å²) in [6.45, 7) is 3.54. The summed E-state index contributed by atoms with van der Waals surface area (Å²) in [7, 11) is 0. The first-order chi connectivity index (χ1) is 11.8. The minimum atomic E-state index is -4.61. The molecule has 9 heteroatoms. The van der Waals surface area contributed by atoms with Crippen LogP contribution in [-0.4, -0.2) is 37.4 Å². The van der Waals surface area contributed by atoms with E-state index in [1.54, 1.807) is 13.0 Å². The summed E-state index contributed by atoms with van der Waals surface area (Å²) in [5.74, 6) is -0.370. The molecule has 0 saturated carbocycles. The van der Waals surface area contributed by atoms with Crippen molar-refractivity contribution in [1.82, 2.24) is 5.16 Å². The molecule has 0 aliphatic carbocycles. The fourth-order valence-corrected chi connectivity index (χ4v) is 2.55. The number of aryl methyl sites for hydroxylation is 1. The van der Waals surface area contributed by atoms with Crippen molar-refractivity contribution in [1.29, 1.82) is 0 Å². The van der Waals surface area contributed by atoms with Gasteiger partial charge in [0.05, 0.1) is 24.5 Å². The first-order valence-electron chi connectivity index (χ1n) is 7.63. The highest BCUT2D eigenvalue weighted by Gasteiger charge is 2.35. The van der Waals surface area contributed by atoms with E-state index < -0.39 is 17.6 Å². The van der Waals surface area contributed by atoms with Gasteiger partial charge in [0.25, 0.3) is 5.91 Å². The zero-order chi connectivity index (χ0) is 18.0. The molecule has 6 nitrogen and oxygen atoms in total. The summed E-state index contributed by atoms with van der Waals surface area (Å²) >= 11 is 0. The number of anilines is 2. The van der Waals surface area contributed by atoms with Crippen LogP contribution < -0.4 is 10.2 Å². The van der Waals surface area contributed by atoms with E-state index in [9.17, 15) is 18.0 Å². The van der Waals surface area contributed by atoms with Crippen molar-refractivity contribution < 1.29 is 27.2 Å². The number of amides is 1. The van der Waals surface area contributed by atoms with Crippen molar-refractivity contribution in [2.24, 2.45) is 0 Å². The maximum atomic E-state index is 13.4. The molecule has 1 aliphatic rings. The van der Waals surface area contributed by atoms with E-state index in [-0.39, 0.29) is 11.4 Å². The van der Waals surface area contributed by atoms with Crippen LogP contribution >= 0.6 is 0 Å². The molecular formula is C16H16F3N3O3. The van der Waals surface area contributed by atoms with Crippen LogP contribution in [0.4, 0.5) is 24.5 Å². The molecule has 1 fully saturated rings. The van der Waals surface area contributed by atoms with E-state index in [1.165, 1.54) is 12.1 Å². The van der Waals surface area contributed by atoms with Crippen LogP contribution in [0, 0.1) is 6.92 Å². The van der Waals surface area contributed by atoms with E-state index in [0.29, 0.717) is 37.8 Å². The highest BCUT2D eigenvalue weighted by Crippen LogP contribution is 2.37. The Labute approximate surface area is 141 Å². The van der Waals surface area contributed by atoms with Gasteiger partial charge in [-0.1, -0.05) is 5.16 Å². The first kappa shape index (κ1) is 17.3. The van der Waals surface area contributed by atoms with Crippen molar-refractivity contribution in [2.75, 3.05) is 36.5 Å². The van der Waals surface area contributed by atoms with Crippen molar-refractivity contribution in [2.45, 2.75) is 13.1 Å². The zero-order valence-electron chi connectivity index (χ0n) is 13.4. The molecule has 0 spiro atoms. The molecule has 2 aromatic rings. The monoisotopic (exact) mass is 355 g/mol. The lowest BCUT2D eigenvalue weighted by molar-refractivity contribution is -0.136. The lowest BCUT2D eigenvalue weighted by Gasteiger charge is -2.29. The van der Waals surface area contributed by atoms with E-state index in [4.69, 9.17) is 9.26 Å². The molecule has 1 aromatic heterocycles. The van der Waals surface area contributed by atoms with Gasteiger partial charge in [0.15, 0.2) is 5.69 Å². The maximum Gasteiger partial charge on any atom is 0.418 e. The third-order valence-electron chi connectivity index (χ3n) is 3.79. The molecule has 2 heterocycles. The minimum Gasteiger partial charge on any atom is -0.378 e. The van der Waals surface area contributed by atoms with Gasteiger partial charge in [-0.3, -0.25) is 4.79 Å². The van der Waals surface area contributed by atoms with E-state index in [2.05, 4.69) is 10.5 Å². The highest BCUT2D eigenvalue weighted by molar-refractivity contribution is 6.03. The van der Waals surface area contributed by atoms with Gasteiger partial charge in [0, 0.05) is 24.8 Å². The van der Waals surface area contributed by atoms with Crippen LogP contribution in [0.15, 0.2) is 28.8 Å². The second-order valence-electron chi connectivity index (χ2n) is 5.60. The predicted molar refractivity (Wildman–Crippen MR) is 83.7 cm³/mol. The number of carbonyl (C=O) groups is 1. The number of nitrogens with one attached hydrogen (secondary N) is 1. The van der Waals surface area contributed by atoms with Gasteiger partial charge < -0.3 is 19.5 Å². The van der Waals surface area contributed by atoms with Crippen molar-refractivity contribution in [3.05, 3.63) is 41.3 Å². The number of hydrogen-bond donors (Lipinski definition) is 1. The summed E-state index contributed by atoms with van der Waals surface area (Å²) in [6, 6.07) is 5.18. The van der Waals surface area contributed by atoms with Gasteiger partial charge in [-0.15, -0.1) is 0 Å². The van der Waals surface area contributed by atoms with Crippen LogP contribution in [0.2, 0.25) is 0 Å². The Kier molecular flexibility index (Phi) is 4.67. The molecule has 3 rings (SSSR count). The number of halogens is 3. The normalized spacial score (nSPS) is 15.3. The summed E-state index contributed by atoms with van der Waals surface area (Å²) in [6.07, 6.45) is -4.61. The zero-order valence-corrected chi connectivity index (χ0v) is 13.4. The molecule has 1 aliphatic heterocycles. The number of morpholine rings is 1. The Morgan fingerprint density at radius 1 is 1.24 bits per heavy atom. The fourth-order valence-electron chi connectivity index (χ4n) is 2.55. The SMILES string of the molecule is Cc1cc(C(=O)Nc2ccc(N3CCOCC3)cc2C(F)(F)F)no1. The summed E-state index contributed by atoms with van der Waals surface area (Å²) in [5.41, 5.74) is -0.881. The van der Waals surface area contributed by atoms with Crippen LogP contribution in [0.3, 0.4) is 0 Å². The number of ether oxygens (including phenoxy) is 1. The minimum absolute atomic E-state index is 0.0807. The molecule has 0 bridgehead atoms. The van der Waals surface area contributed by atoms with Crippen LogP contribution in [-0.2, 0) is 10.9 Å². The summed E-state index contributed by atoms with van der Waals surface area (Å²) < 4.78 is 50.2. The number of benzene rings is 1. The van der Waals surface area contributed by atoms with E-state index >= 15 is 0 Å². The second kappa shape index (κ2) is 6.75. The predicted octanol–water partition coefficient (Wildman–Crippen LogP) is 3.09.